The standard InChI is InChI=1S/C21H38N6O/c1-5-22-21(27-7-6-18(16-27)19-13-24-25(4)15-19)23-14-20(12-17(2)3)26-8-10-28-11-9-26/h13,15,17-18,20H,5-12,14,16H2,1-4H3,(H,22,23). The average Bonchev–Trinajstić information content (AvgIpc) is 3.33. The second kappa shape index (κ2) is 10.3. The Morgan fingerprint density at radius 1 is 1.32 bits per heavy atom. The minimum atomic E-state index is 0.495. The summed E-state index contributed by atoms with van der Waals surface area (Å²) in [4.78, 5) is 10.1. The Morgan fingerprint density at radius 2 is 2.11 bits per heavy atom. The van der Waals surface area contributed by atoms with Crippen LogP contribution in [0.4, 0.5) is 0 Å². The van der Waals surface area contributed by atoms with Gasteiger partial charge in [0.1, 0.15) is 0 Å². The summed E-state index contributed by atoms with van der Waals surface area (Å²) in [7, 11) is 1.99. The molecule has 3 rings (SSSR count). The molecule has 2 saturated heterocycles. The number of hydrogen-bond acceptors (Lipinski definition) is 4. The fourth-order valence-electron chi connectivity index (χ4n) is 4.32. The first-order valence-corrected chi connectivity index (χ1v) is 10.9. The summed E-state index contributed by atoms with van der Waals surface area (Å²) in [6.45, 7) is 14.3. The van der Waals surface area contributed by atoms with Gasteiger partial charge in [-0.1, -0.05) is 13.8 Å². The molecule has 1 aromatic heterocycles. The molecule has 0 saturated carbocycles. The van der Waals surface area contributed by atoms with Crippen molar-refractivity contribution in [2.45, 2.75) is 45.6 Å². The van der Waals surface area contributed by atoms with Gasteiger partial charge in [-0.3, -0.25) is 14.6 Å². The molecule has 2 aliphatic rings. The molecule has 0 aromatic carbocycles. The number of morpholine rings is 1. The number of aromatic nitrogens is 2. The third-order valence-electron chi connectivity index (χ3n) is 5.78. The molecular weight excluding hydrogens is 352 g/mol. The molecule has 1 aromatic rings. The van der Waals surface area contributed by atoms with Crippen LogP contribution in [0.5, 0.6) is 0 Å². The normalized spacial score (nSPS) is 22.8. The van der Waals surface area contributed by atoms with Crippen molar-refractivity contribution in [3.8, 4) is 0 Å². The highest BCUT2D eigenvalue weighted by Gasteiger charge is 2.28. The van der Waals surface area contributed by atoms with Gasteiger partial charge >= 0.3 is 0 Å². The molecule has 7 nitrogen and oxygen atoms in total. The zero-order valence-electron chi connectivity index (χ0n) is 18.1. The van der Waals surface area contributed by atoms with E-state index in [-0.39, 0.29) is 0 Å². The first-order valence-electron chi connectivity index (χ1n) is 10.9. The molecule has 2 fully saturated rings. The largest absolute Gasteiger partial charge is 0.379 e. The van der Waals surface area contributed by atoms with Crippen LogP contribution in [0.3, 0.4) is 0 Å². The molecule has 2 atom stereocenters. The molecule has 28 heavy (non-hydrogen) atoms. The molecule has 0 spiro atoms. The van der Waals surface area contributed by atoms with Crippen LogP contribution in [0.25, 0.3) is 0 Å². The maximum absolute atomic E-state index is 5.55. The van der Waals surface area contributed by atoms with Gasteiger partial charge in [0.2, 0.25) is 0 Å². The van der Waals surface area contributed by atoms with Crippen LogP contribution < -0.4 is 5.32 Å². The summed E-state index contributed by atoms with van der Waals surface area (Å²) < 4.78 is 7.45. The second-order valence-electron chi connectivity index (χ2n) is 8.51. The van der Waals surface area contributed by atoms with Gasteiger partial charge in [-0.15, -0.1) is 0 Å². The number of hydrogen-bond donors (Lipinski definition) is 1. The van der Waals surface area contributed by atoms with Crippen molar-refractivity contribution in [2.75, 3.05) is 52.5 Å². The Balaban J connectivity index is 1.64. The first-order chi connectivity index (χ1) is 13.6. The van der Waals surface area contributed by atoms with Crippen molar-refractivity contribution in [3.05, 3.63) is 18.0 Å². The molecule has 2 aliphatic heterocycles. The third kappa shape index (κ3) is 5.70. The van der Waals surface area contributed by atoms with Crippen molar-refractivity contribution < 1.29 is 4.74 Å². The lowest BCUT2D eigenvalue weighted by Gasteiger charge is -2.35. The molecule has 1 N–H and O–H groups in total. The van der Waals surface area contributed by atoms with Crippen LogP contribution >= 0.6 is 0 Å². The van der Waals surface area contributed by atoms with E-state index in [4.69, 9.17) is 9.73 Å². The molecule has 158 valence electrons. The van der Waals surface area contributed by atoms with E-state index < -0.39 is 0 Å². The number of rotatable bonds is 7. The minimum absolute atomic E-state index is 0.495. The Morgan fingerprint density at radius 3 is 2.75 bits per heavy atom. The molecule has 2 unspecified atom stereocenters. The fourth-order valence-corrected chi connectivity index (χ4v) is 4.32. The van der Waals surface area contributed by atoms with E-state index in [1.165, 1.54) is 12.0 Å². The lowest BCUT2D eigenvalue weighted by molar-refractivity contribution is 0.0142. The Kier molecular flexibility index (Phi) is 7.73. The quantitative estimate of drug-likeness (QED) is 0.569. The zero-order valence-corrected chi connectivity index (χ0v) is 18.1. The van der Waals surface area contributed by atoms with Gasteiger partial charge in [-0.05, 0) is 31.2 Å². The fraction of sp³-hybridized carbons (Fsp3) is 0.810. The Hall–Kier alpha value is -1.60. The summed E-state index contributed by atoms with van der Waals surface area (Å²) in [5.74, 6) is 2.28. The van der Waals surface area contributed by atoms with Crippen LogP contribution in [-0.2, 0) is 11.8 Å². The number of nitrogens with zero attached hydrogens (tertiary/aromatic N) is 5. The summed E-state index contributed by atoms with van der Waals surface area (Å²) in [5.41, 5.74) is 1.34. The van der Waals surface area contributed by atoms with Gasteiger partial charge in [0, 0.05) is 57.9 Å². The van der Waals surface area contributed by atoms with E-state index in [0.717, 1.165) is 64.9 Å². The maximum Gasteiger partial charge on any atom is 0.193 e. The number of guanidine groups is 1. The topological polar surface area (TPSA) is 57.9 Å². The number of ether oxygens (including phenoxy) is 1. The predicted molar refractivity (Wildman–Crippen MR) is 114 cm³/mol. The van der Waals surface area contributed by atoms with E-state index in [1.807, 2.05) is 17.9 Å². The second-order valence-corrected chi connectivity index (χ2v) is 8.51. The third-order valence-corrected chi connectivity index (χ3v) is 5.78. The van der Waals surface area contributed by atoms with Crippen molar-refractivity contribution in [1.29, 1.82) is 0 Å². The predicted octanol–water partition coefficient (Wildman–Crippen LogP) is 1.92. The smallest absolute Gasteiger partial charge is 0.193 e. The van der Waals surface area contributed by atoms with E-state index in [2.05, 4.69) is 47.2 Å². The summed E-state index contributed by atoms with van der Waals surface area (Å²) in [6, 6.07) is 0.495. The SMILES string of the molecule is CCNC(=NCC(CC(C)C)N1CCOCC1)N1CCC(c2cnn(C)c2)C1. The van der Waals surface area contributed by atoms with Crippen LogP contribution in [0.15, 0.2) is 17.4 Å². The molecular formula is C21H38N6O. The summed E-state index contributed by atoms with van der Waals surface area (Å²) in [5, 5.41) is 7.87. The molecule has 3 heterocycles. The Bertz CT molecular complexity index is 622. The summed E-state index contributed by atoms with van der Waals surface area (Å²) in [6.07, 6.45) is 6.50. The van der Waals surface area contributed by atoms with Gasteiger partial charge in [0.15, 0.2) is 5.96 Å². The number of aliphatic imine (C=N–C) groups is 1. The molecule has 0 bridgehead atoms. The van der Waals surface area contributed by atoms with Crippen molar-refractivity contribution >= 4 is 5.96 Å². The Labute approximate surface area is 170 Å². The summed E-state index contributed by atoms with van der Waals surface area (Å²) >= 11 is 0. The van der Waals surface area contributed by atoms with Gasteiger partial charge in [0.05, 0.1) is 26.0 Å². The zero-order chi connectivity index (χ0) is 19.9. The maximum atomic E-state index is 5.55. The monoisotopic (exact) mass is 390 g/mol. The van der Waals surface area contributed by atoms with Gasteiger partial charge in [-0.2, -0.15) is 5.10 Å². The first kappa shape index (κ1) is 21.1. The lowest BCUT2D eigenvalue weighted by Crippen LogP contribution is -2.46. The van der Waals surface area contributed by atoms with Crippen LogP contribution in [0.1, 0.15) is 45.1 Å². The lowest BCUT2D eigenvalue weighted by atomic mass is 10.0. The van der Waals surface area contributed by atoms with Crippen LogP contribution in [0.2, 0.25) is 0 Å². The van der Waals surface area contributed by atoms with Crippen molar-refractivity contribution in [3.63, 3.8) is 0 Å². The number of nitrogens with one attached hydrogen (secondary N) is 1. The highest BCUT2D eigenvalue weighted by Crippen LogP contribution is 2.26. The van der Waals surface area contributed by atoms with Gasteiger partial charge in [0.25, 0.3) is 0 Å². The average molecular weight is 391 g/mol. The molecule has 7 heteroatoms. The van der Waals surface area contributed by atoms with Crippen molar-refractivity contribution in [1.82, 2.24) is 24.9 Å². The highest BCUT2D eigenvalue weighted by molar-refractivity contribution is 5.80. The highest BCUT2D eigenvalue weighted by atomic mass is 16.5. The minimum Gasteiger partial charge on any atom is -0.379 e. The number of aryl methyl sites for hydroxylation is 1. The molecule has 0 radical (unpaired) electrons. The van der Waals surface area contributed by atoms with Gasteiger partial charge < -0.3 is 15.0 Å². The molecule has 0 amide bonds. The van der Waals surface area contributed by atoms with E-state index in [9.17, 15) is 0 Å². The van der Waals surface area contributed by atoms with E-state index >= 15 is 0 Å². The van der Waals surface area contributed by atoms with E-state index in [1.54, 1.807) is 0 Å². The van der Waals surface area contributed by atoms with Gasteiger partial charge in [-0.25, -0.2) is 0 Å². The van der Waals surface area contributed by atoms with Crippen LogP contribution in [-0.4, -0.2) is 84.1 Å². The number of likely N-dealkylation sites (tertiary alicyclic amines) is 1. The van der Waals surface area contributed by atoms with E-state index in [0.29, 0.717) is 17.9 Å². The molecule has 0 aliphatic carbocycles. The van der Waals surface area contributed by atoms with Crippen molar-refractivity contribution in [2.24, 2.45) is 18.0 Å². The van der Waals surface area contributed by atoms with Crippen LogP contribution in [0, 0.1) is 5.92 Å².